The number of carbonyl (C=O) groups excluding carboxylic acids is 1. The Balaban J connectivity index is 1.52. The van der Waals surface area contributed by atoms with Crippen molar-refractivity contribution in [1.29, 1.82) is 0 Å². The predicted octanol–water partition coefficient (Wildman–Crippen LogP) is 4.18. The quantitative estimate of drug-likeness (QED) is 0.448. The summed E-state index contributed by atoms with van der Waals surface area (Å²) < 4.78 is 49.8. The average molecular weight is 552 g/mol. The molecule has 2 N–H and O–H groups in total. The van der Waals surface area contributed by atoms with Crippen molar-refractivity contribution in [2.45, 2.75) is 32.2 Å². The van der Waals surface area contributed by atoms with Crippen LogP contribution in [-0.2, 0) is 10.9 Å². The van der Waals surface area contributed by atoms with Crippen LogP contribution in [0, 0.1) is 6.92 Å². The molecule has 3 heterocycles. The van der Waals surface area contributed by atoms with Crippen molar-refractivity contribution >= 4 is 23.3 Å². The average Bonchev–Trinajstić information content (AvgIpc) is 3.33. The second kappa shape index (κ2) is 11.3. The maximum Gasteiger partial charge on any atom is 0.451 e. The molecule has 4 rings (SSSR count). The number of hydrogen-bond acceptors (Lipinski definition) is 8. The third-order valence-electron chi connectivity index (χ3n) is 5.66. The van der Waals surface area contributed by atoms with Crippen LogP contribution in [0.15, 0.2) is 36.8 Å². The highest BCUT2D eigenvalue weighted by molar-refractivity contribution is 7.14. The van der Waals surface area contributed by atoms with Gasteiger partial charge in [-0.2, -0.15) is 13.2 Å². The Bertz CT molecular complexity index is 1300. The van der Waals surface area contributed by atoms with Crippen molar-refractivity contribution in [2.24, 2.45) is 0 Å². The summed E-state index contributed by atoms with van der Waals surface area (Å²) in [6.45, 7) is 4.24. The van der Waals surface area contributed by atoms with Crippen LogP contribution in [0.25, 0.3) is 10.6 Å². The van der Waals surface area contributed by atoms with E-state index in [-0.39, 0.29) is 31.9 Å². The monoisotopic (exact) mass is 551 g/mol. The first-order chi connectivity index (χ1) is 18.0. The number of aryl methyl sites for hydroxylation is 1. The molecule has 0 radical (unpaired) electrons. The van der Waals surface area contributed by atoms with E-state index in [2.05, 4.69) is 20.3 Å². The summed E-state index contributed by atoms with van der Waals surface area (Å²) in [5.74, 6) is -1.41. The molecule has 0 unspecified atom stereocenters. The predicted molar refractivity (Wildman–Crippen MR) is 130 cm³/mol. The van der Waals surface area contributed by atoms with E-state index in [0.717, 1.165) is 17.3 Å². The number of carboxylic acid groups (broad SMARTS) is 1. The van der Waals surface area contributed by atoms with E-state index in [1.54, 1.807) is 25.3 Å². The van der Waals surface area contributed by atoms with Crippen LogP contribution in [0.4, 0.5) is 18.0 Å². The second-order valence-electron chi connectivity index (χ2n) is 8.59. The topological polar surface area (TPSA) is 127 Å². The van der Waals surface area contributed by atoms with Gasteiger partial charge in [0.1, 0.15) is 23.5 Å². The number of thiazole rings is 1. The number of amides is 2. The van der Waals surface area contributed by atoms with Crippen molar-refractivity contribution in [3.8, 4) is 16.3 Å². The molecule has 10 nitrogen and oxygen atoms in total. The Morgan fingerprint density at radius 1 is 1.24 bits per heavy atom. The minimum atomic E-state index is -4.66. The normalized spacial score (nSPS) is 16.7. The van der Waals surface area contributed by atoms with Gasteiger partial charge in [0.15, 0.2) is 0 Å². The van der Waals surface area contributed by atoms with Crippen molar-refractivity contribution in [3.63, 3.8) is 0 Å². The minimum Gasteiger partial charge on any atom is -0.491 e. The summed E-state index contributed by atoms with van der Waals surface area (Å²) in [6.07, 6.45) is -2.43. The van der Waals surface area contributed by atoms with Crippen LogP contribution in [0.5, 0.6) is 5.75 Å². The van der Waals surface area contributed by atoms with Gasteiger partial charge in [-0.3, -0.25) is 4.79 Å². The Labute approximate surface area is 219 Å². The number of ether oxygens (including phenoxy) is 2. The Kier molecular flexibility index (Phi) is 8.11. The fourth-order valence-corrected chi connectivity index (χ4v) is 4.43. The lowest BCUT2D eigenvalue weighted by atomic mass is 10.1. The van der Waals surface area contributed by atoms with Crippen LogP contribution in [0.1, 0.15) is 39.6 Å². The lowest BCUT2D eigenvalue weighted by Crippen LogP contribution is -2.47. The number of nitrogens with one attached hydrogen (secondary N) is 1. The molecule has 14 heteroatoms. The van der Waals surface area contributed by atoms with Gasteiger partial charge >= 0.3 is 12.3 Å². The highest BCUT2D eigenvalue weighted by atomic mass is 32.1. The molecule has 0 spiro atoms. The fourth-order valence-electron chi connectivity index (χ4n) is 3.68. The summed E-state index contributed by atoms with van der Waals surface area (Å²) in [5.41, 5.74) is 1.17. The number of hydrogen-bond donors (Lipinski definition) is 2. The first-order valence-electron chi connectivity index (χ1n) is 11.5. The molecule has 1 aliphatic heterocycles. The standard InChI is InChI=1S/C24H24F3N5O5S/c1-13-8-28-21(38-13)16-5-15(6-18(7-16)37-12-19-11-32(23(34)35)3-4-36-19)20(33)31-14(2)17-9-29-22(30-10-17)24(25,26)27/h5-10,14,19H,3-4,11-12H2,1-2H3,(H,31,33)(H,34,35)/t14-,19+/m0/s1. The minimum absolute atomic E-state index is 0.0600. The van der Waals surface area contributed by atoms with Crippen LogP contribution in [-0.4, -0.2) is 69.4 Å². The molecule has 1 fully saturated rings. The molecule has 2 aromatic heterocycles. The molecule has 2 amide bonds. The van der Waals surface area contributed by atoms with E-state index >= 15 is 0 Å². The number of alkyl halides is 3. The molecule has 202 valence electrons. The van der Waals surface area contributed by atoms with E-state index in [1.807, 2.05) is 6.92 Å². The molecule has 3 aromatic rings. The van der Waals surface area contributed by atoms with E-state index in [0.29, 0.717) is 21.9 Å². The van der Waals surface area contributed by atoms with Crippen LogP contribution >= 0.6 is 11.3 Å². The van der Waals surface area contributed by atoms with Crippen molar-refractivity contribution < 1.29 is 37.3 Å². The van der Waals surface area contributed by atoms with Gasteiger partial charge in [-0.15, -0.1) is 11.3 Å². The highest BCUT2D eigenvalue weighted by Crippen LogP contribution is 2.30. The van der Waals surface area contributed by atoms with E-state index in [1.165, 1.54) is 22.3 Å². The summed E-state index contributed by atoms with van der Waals surface area (Å²) in [7, 11) is 0. The number of carbonyl (C=O) groups is 2. The molecule has 0 saturated carbocycles. The Morgan fingerprint density at radius 2 is 1.97 bits per heavy atom. The van der Waals surface area contributed by atoms with Gasteiger partial charge in [0.25, 0.3) is 5.91 Å². The van der Waals surface area contributed by atoms with Crippen LogP contribution in [0.2, 0.25) is 0 Å². The van der Waals surface area contributed by atoms with Gasteiger partial charge in [-0.1, -0.05) is 0 Å². The zero-order chi connectivity index (χ0) is 27.4. The van der Waals surface area contributed by atoms with Gasteiger partial charge in [-0.05, 0) is 32.0 Å². The number of benzene rings is 1. The molecular weight excluding hydrogens is 527 g/mol. The van der Waals surface area contributed by atoms with Crippen molar-refractivity contribution in [3.05, 3.63) is 58.6 Å². The maximum absolute atomic E-state index is 13.1. The van der Waals surface area contributed by atoms with E-state index < -0.39 is 36.1 Å². The van der Waals surface area contributed by atoms with Crippen molar-refractivity contribution in [2.75, 3.05) is 26.3 Å². The van der Waals surface area contributed by atoms with Crippen LogP contribution < -0.4 is 10.1 Å². The third kappa shape index (κ3) is 6.75. The largest absolute Gasteiger partial charge is 0.491 e. The highest BCUT2D eigenvalue weighted by Gasteiger charge is 2.34. The molecule has 1 saturated heterocycles. The second-order valence-corrected chi connectivity index (χ2v) is 9.82. The van der Waals surface area contributed by atoms with E-state index in [4.69, 9.17) is 9.47 Å². The van der Waals surface area contributed by atoms with Gasteiger partial charge in [0, 0.05) is 46.7 Å². The lowest BCUT2D eigenvalue weighted by Gasteiger charge is -2.30. The summed E-state index contributed by atoms with van der Waals surface area (Å²) in [5, 5.41) is 12.6. The molecule has 0 bridgehead atoms. The fraction of sp³-hybridized carbons (Fsp3) is 0.375. The molecule has 1 aromatic carbocycles. The number of rotatable bonds is 7. The number of halogens is 3. The zero-order valence-corrected chi connectivity index (χ0v) is 21.2. The molecule has 38 heavy (non-hydrogen) atoms. The Hall–Kier alpha value is -3.78. The molecule has 1 aliphatic rings. The molecule has 2 atom stereocenters. The summed E-state index contributed by atoms with van der Waals surface area (Å²) in [4.78, 5) is 37.7. The van der Waals surface area contributed by atoms with Crippen LogP contribution in [0.3, 0.4) is 0 Å². The lowest BCUT2D eigenvalue weighted by molar-refractivity contribution is -0.145. The maximum atomic E-state index is 13.1. The first-order valence-corrected chi connectivity index (χ1v) is 12.3. The first kappa shape index (κ1) is 27.3. The molecular formula is C24H24F3N5O5S. The summed E-state index contributed by atoms with van der Waals surface area (Å²) >= 11 is 1.43. The third-order valence-corrected chi connectivity index (χ3v) is 6.62. The van der Waals surface area contributed by atoms with Gasteiger partial charge in [-0.25, -0.2) is 19.7 Å². The SMILES string of the molecule is Cc1cnc(-c2cc(OC[C@H]3CN(C(=O)O)CCO3)cc(C(=O)N[C@@H](C)c3cnc(C(F)(F)F)nc3)c2)s1. The van der Waals surface area contributed by atoms with Gasteiger partial charge < -0.3 is 24.8 Å². The smallest absolute Gasteiger partial charge is 0.451 e. The van der Waals surface area contributed by atoms with Gasteiger partial charge in [0.05, 0.1) is 19.2 Å². The van der Waals surface area contributed by atoms with Crippen molar-refractivity contribution in [1.82, 2.24) is 25.2 Å². The molecule has 0 aliphatic carbocycles. The summed E-state index contributed by atoms with van der Waals surface area (Å²) in [6, 6.07) is 4.20. The number of nitrogens with zero attached hydrogens (tertiary/aromatic N) is 4. The Morgan fingerprint density at radius 3 is 2.61 bits per heavy atom. The number of aromatic nitrogens is 3. The van der Waals surface area contributed by atoms with E-state index in [9.17, 15) is 27.9 Å². The zero-order valence-electron chi connectivity index (χ0n) is 20.4. The number of morpholine rings is 1. The van der Waals surface area contributed by atoms with Gasteiger partial charge in [0.2, 0.25) is 5.82 Å².